The van der Waals surface area contributed by atoms with Crippen LogP contribution in [0.4, 0.5) is 0 Å². The van der Waals surface area contributed by atoms with E-state index in [1.54, 1.807) is 11.3 Å². The predicted molar refractivity (Wildman–Crippen MR) is 239 cm³/mol. The first-order valence-corrected chi connectivity index (χ1v) is 20.5. The summed E-state index contributed by atoms with van der Waals surface area (Å²) in [7, 11) is 0. The molecule has 0 saturated heterocycles. The van der Waals surface area contributed by atoms with Gasteiger partial charge >= 0.3 is 0 Å². The van der Waals surface area contributed by atoms with E-state index < -0.39 is 0 Å². The van der Waals surface area contributed by atoms with Crippen molar-refractivity contribution in [1.82, 2.24) is 19.1 Å². The highest BCUT2D eigenvalue weighted by molar-refractivity contribution is 7.27. The summed E-state index contributed by atoms with van der Waals surface area (Å²) in [5.74, 6) is 0.681. The molecule has 13 rings (SSSR count). The number of hydrogen-bond donors (Lipinski definition) is 0. The molecule has 0 bridgehead atoms. The van der Waals surface area contributed by atoms with E-state index in [0.29, 0.717) is 5.95 Å². The van der Waals surface area contributed by atoms with Crippen LogP contribution in [0.25, 0.3) is 118 Å². The van der Waals surface area contributed by atoms with Crippen molar-refractivity contribution >= 4 is 118 Å². The van der Waals surface area contributed by atoms with Crippen LogP contribution < -0.4 is 0 Å². The Morgan fingerprint density at radius 2 is 0.982 bits per heavy atom. The molecule has 13 aromatic rings. The quantitative estimate of drug-likeness (QED) is 0.180. The Kier molecular flexibility index (Phi) is 6.17. The Morgan fingerprint density at radius 1 is 0.393 bits per heavy atom. The maximum Gasteiger partial charge on any atom is 0.235 e. The lowest BCUT2D eigenvalue weighted by Gasteiger charge is -2.12. The van der Waals surface area contributed by atoms with E-state index in [9.17, 15) is 0 Å². The SMILES string of the molecule is c1ccc(-n2c3ccccc3c3cc(-c4nc(-n5c6ccccc6c6c7ccccc7c7sc8ccccc8c7c65)nc5c4sc4ccccc45)ccc32)cc1. The Labute approximate surface area is 327 Å². The first-order chi connectivity index (χ1) is 27.8. The van der Waals surface area contributed by atoms with Crippen LogP contribution >= 0.6 is 22.7 Å². The van der Waals surface area contributed by atoms with Gasteiger partial charge in [-0.05, 0) is 53.9 Å². The van der Waals surface area contributed by atoms with Crippen LogP contribution in [0.5, 0.6) is 0 Å². The minimum absolute atomic E-state index is 0.681. The highest BCUT2D eigenvalue weighted by atomic mass is 32.1. The second kappa shape index (κ2) is 11.3. The zero-order valence-corrected chi connectivity index (χ0v) is 31.4. The molecule has 5 aromatic heterocycles. The van der Waals surface area contributed by atoms with Gasteiger partial charge in [-0.2, -0.15) is 0 Å². The van der Waals surface area contributed by atoms with Crippen molar-refractivity contribution in [2.45, 2.75) is 0 Å². The number of fused-ring (bicyclic) bond motifs is 16. The van der Waals surface area contributed by atoms with Gasteiger partial charge in [0, 0.05) is 68.4 Å². The summed E-state index contributed by atoms with van der Waals surface area (Å²) in [6.07, 6.45) is 0. The normalized spacial score (nSPS) is 12.3. The number of para-hydroxylation sites is 3. The summed E-state index contributed by atoms with van der Waals surface area (Å²) in [4.78, 5) is 11.2. The summed E-state index contributed by atoms with van der Waals surface area (Å²) < 4.78 is 9.60. The van der Waals surface area contributed by atoms with E-state index in [4.69, 9.17) is 9.97 Å². The number of nitrogens with zero attached hydrogens (tertiary/aromatic N) is 4. The molecule has 260 valence electrons. The monoisotopic (exact) mass is 748 g/mol. The molecular formula is C50H28N4S2. The number of aromatic nitrogens is 4. The van der Waals surface area contributed by atoms with Crippen molar-refractivity contribution in [2.24, 2.45) is 0 Å². The standard InChI is InChI=1S/C50H28N4S2/c1-2-14-30(15-3-1)53-38-22-10-6-16-31(38)37-28-29(26-27-40(37)53)45-49-46(36-21-9-13-25-42(36)56-49)52-50(51-45)54-39-23-11-7-19-34(39)43-32-17-4-5-18-33(32)48-44(47(43)54)35-20-8-12-24-41(35)55-48/h1-28H. The van der Waals surface area contributed by atoms with E-state index >= 15 is 0 Å². The minimum Gasteiger partial charge on any atom is -0.309 e. The highest BCUT2D eigenvalue weighted by Gasteiger charge is 2.25. The molecule has 6 heteroatoms. The Hall–Kier alpha value is -6.86. The molecule has 0 spiro atoms. The van der Waals surface area contributed by atoms with Crippen LogP contribution in [-0.2, 0) is 0 Å². The number of hydrogen-bond acceptors (Lipinski definition) is 4. The molecule has 0 saturated carbocycles. The van der Waals surface area contributed by atoms with Gasteiger partial charge in [0.1, 0.15) is 0 Å². The maximum atomic E-state index is 5.67. The average Bonchev–Trinajstić information content (AvgIpc) is 4.01. The van der Waals surface area contributed by atoms with E-state index in [-0.39, 0.29) is 0 Å². The van der Waals surface area contributed by atoms with Gasteiger partial charge in [0.15, 0.2) is 0 Å². The Morgan fingerprint density at radius 3 is 1.79 bits per heavy atom. The van der Waals surface area contributed by atoms with E-state index in [0.717, 1.165) is 43.6 Å². The van der Waals surface area contributed by atoms with Gasteiger partial charge in [-0.1, -0.05) is 121 Å². The third kappa shape index (κ3) is 4.06. The summed E-state index contributed by atoms with van der Waals surface area (Å²) in [5, 5.41) is 11.1. The van der Waals surface area contributed by atoms with Crippen molar-refractivity contribution in [2.75, 3.05) is 0 Å². The third-order valence-corrected chi connectivity index (χ3v) is 13.9. The smallest absolute Gasteiger partial charge is 0.235 e. The fourth-order valence-corrected chi connectivity index (χ4v) is 11.6. The predicted octanol–water partition coefficient (Wildman–Crippen LogP) is 14.2. The molecule has 56 heavy (non-hydrogen) atoms. The van der Waals surface area contributed by atoms with Crippen LogP contribution in [-0.4, -0.2) is 19.1 Å². The molecule has 0 aliphatic rings. The Bertz CT molecular complexity index is 3770. The molecule has 0 N–H and O–H groups in total. The van der Waals surface area contributed by atoms with Crippen molar-refractivity contribution in [3.05, 3.63) is 170 Å². The van der Waals surface area contributed by atoms with Crippen LogP contribution in [0, 0.1) is 0 Å². The van der Waals surface area contributed by atoms with Crippen LogP contribution in [0.3, 0.4) is 0 Å². The summed E-state index contributed by atoms with van der Waals surface area (Å²) in [6, 6.07) is 61.4. The molecule has 0 amide bonds. The second-order valence-corrected chi connectivity index (χ2v) is 16.6. The van der Waals surface area contributed by atoms with Gasteiger partial charge in [0.2, 0.25) is 5.95 Å². The first kappa shape index (κ1) is 30.5. The molecule has 8 aromatic carbocycles. The van der Waals surface area contributed by atoms with Crippen molar-refractivity contribution in [1.29, 1.82) is 0 Å². The lowest BCUT2D eigenvalue weighted by Crippen LogP contribution is -2.03. The summed E-state index contributed by atoms with van der Waals surface area (Å²) in [5.41, 5.74) is 8.76. The van der Waals surface area contributed by atoms with Gasteiger partial charge in [-0.25, -0.2) is 9.97 Å². The number of benzene rings is 8. The second-order valence-electron chi connectivity index (χ2n) is 14.5. The molecule has 0 aliphatic heterocycles. The van der Waals surface area contributed by atoms with Crippen LogP contribution in [0.1, 0.15) is 0 Å². The topological polar surface area (TPSA) is 35.6 Å². The van der Waals surface area contributed by atoms with E-state index in [1.165, 1.54) is 68.2 Å². The fraction of sp³-hybridized carbons (Fsp3) is 0. The minimum atomic E-state index is 0.681. The molecule has 0 aliphatic carbocycles. The molecule has 4 nitrogen and oxygen atoms in total. The molecule has 0 radical (unpaired) electrons. The first-order valence-electron chi connectivity index (χ1n) is 18.8. The summed E-state index contributed by atoms with van der Waals surface area (Å²) in [6.45, 7) is 0. The summed E-state index contributed by atoms with van der Waals surface area (Å²) >= 11 is 3.65. The lowest BCUT2D eigenvalue weighted by molar-refractivity contribution is 1.02. The lowest BCUT2D eigenvalue weighted by atomic mass is 10.00. The molecule has 0 atom stereocenters. The number of rotatable bonds is 3. The number of thiophene rings is 2. The average molecular weight is 749 g/mol. The largest absolute Gasteiger partial charge is 0.309 e. The van der Waals surface area contributed by atoms with Gasteiger partial charge in [-0.15, -0.1) is 22.7 Å². The highest BCUT2D eigenvalue weighted by Crippen LogP contribution is 2.48. The zero-order chi connectivity index (χ0) is 36.5. The molecule has 5 heterocycles. The van der Waals surface area contributed by atoms with Crippen molar-refractivity contribution in [3.63, 3.8) is 0 Å². The van der Waals surface area contributed by atoms with Gasteiger partial charge < -0.3 is 4.57 Å². The molecular weight excluding hydrogens is 721 g/mol. The van der Waals surface area contributed by atoms with E-state index in [2.05, 4.69) is 179 Å². The van der Waals surface area contributed by atoms with E-state index in [1.807, 2.05) is 11.3 Å². The van der Waals surface area contributed by atoms with Crippen molar-refractivity contribution in [3.8, 4) is 22.9 Å². The zero-order valence-electron chi connectivity index (χ0n) is 29.8. The molecule has 0 unspecified atom stereocenters. The van der Waals surface area contributed by atoms with Crippen LogP contribution in [0.2, 0.25) is 0 Å². The Balaban J connectivity index is 1.19. The van der Waals surface area contributed by atoms with Crippen LogP contribution in [0.15, 0.2) is 170 Å². The maximum absolute atomic E-state index is 5.67. The van der Waals surface area contributed by atoms with Gasteiger partial charge in [0.25, 0.3) is 0 Å². The van der Waals surface area contributed by atoms with Crippen molar-refractivity contribution < 1.29 is 0 Å². The molecule has 0 fully saturated rings. The third-order valence-electron chi connectivity index (χ3n) is 11.5. The fourth-order valence-electron chi connectivity index (χ4n) is 9.18. The van der Waals surface area contributed by atoms with Gasteiger partial charge in [0.05, 0.1) is 38.0 Å². The van der Waals surface area contributed by atoms with Gasteiger partial charge in [-0.3, -0.25) is 4.57 Å².